The zero-order valence-electron chi connectivity index (χ0n) is 60.9. The second-order valence-electron chi connectivity index (χ2n) is 28.4. The number of aliphatic hydroxyl groups excluding tert-OH is 1. The average molecular weight is 1370 g/mol. The van der Waals surface area contributed by atoms with Gasteiger partial charge in [0.1, 0.15) is 19.3 Å². The van der Waals surface area contributed by atoms with Crippen molar-refractivity contribution in [2.45, 2.75) is 388 Å². The molecule has 17 nitrogen and oxygen atoms in total. The molecule has 552 valence electrons. The molecule has 0 heterocycles. The van der Waals surface area contributed by atoms with Crippen LogP contribution in [0.4, 0.5) is 0 Å². The van der Waals surface area contributed by atoms with Gasteiger partial charge in [-0.3, -0.25) is 37.3 Å². The summed E-state index contributed by atoms with van der Waals surface area (Å²) in [5.41, 5.74) is 0. The van der Waals surface area contributed by atoms with Crippen molar-refractivity contribution in [1.82, 2.24) is 0 Å². The highest BCUT2D eigenvalue weighted by molar-refractivity contribution is 7.47. The van der Waals surface area contributed by atoms with Crippen LogP contribution in [-0.2, 0) is 65.4 Å². The molecule has 19 heteroatoms. The van der Waals surface area contributed by atoms with Gasteiger partial charge in [0.15, 0.2) is 12.2 Å². The highest BCUT2D eigenvalue weighted by atomic mass is 31.2. The van der Waals surface area contributed by atoms with Gasteiger partial charge in [-0.15, -0.1) is 0 Å². The van der Waals surface area contributed by atoms with E-state index in [4.69, 9.17) is 37.0 Å². The number of hydrogen-bond acceptors (Lipinski definition) is 15. The summed E-state index contributed by atoms with van der Waals surface area (Å²) in [5, 5.41) is 10.6. The largest absolute Gasteiger partial charge is 0.472 e. The normalized spacial score (nSPS) is 14.5. The topological polar surface area (TPSA) is 237 Å². The predicted octanol–water partition coefficient (Wildman–Crippen LogP) is 21.3. The monoisotopic (exact) mass is 1370 g/mol. The Balaban J connectivity index is 5.22. The molecule has 0 saturated carbocycles. The van der Waals surface area contributed by atoms with Gasteiger partial charge in [0.05, 0.1) is 26.4 Å². The number of ether oxygens (including phenoxy) is 4. The number of phosphoric ester groups is 2. The van der Waals surface area contributed by atoms with Crippen LogP contribution in [0.1, 0.15) is 370 Å². The zero-order valence-corrected chi connectivity index (χ0v) is 62.7. The van der Waals surface area contributed by atoms with Crippen molar-refractivity contribution in [3.05, 3.63) is 0 Å². The van der Waals surface area contributed by atoms with E-state index in [0.29, 0.717) is 25.7 Å². The summed E-state index contributed by atoms with van der Waals surface area (Å²) >= 11 is 0. The maximum Gasteiger partial charge on any atom is 0.472 e. The van der Waals surface area contributed by atoms with Crippen molar-refractivity contribution in [3.8, 4) is 0 Å². The van der Waals surface area contributed by atoms with E-state index in [9.17, 15) is 43.2 Å². The summed E-state index contributed by atoms with van der Waals surface area (Å²) in [6.07, 6.45) is 47.3. The van der Waals surface area contributed by atoms with Gasteiger partial charge < -0.3 is 33.8 Å². The van der Waals surface area contributed by atoms with E-state index in [1.54, 1.807) is 0 Å². The van der Waals surface area contributed by atoms with Crippen LogP contribution >= 0.6 is 15.6 Å². The van der Waals surface area contributed by atoms with Gasteiger partial charge in [-0.05, 0) is 49.4 Å². The van der Waals surface area contributed by atoms with Crippen LogP contribution in [0.3, 0.4) is 0 Å². The Kier molecular flexibility index (Phi) is 62.2. The molecule has 0 aromatic rings. The summed E-state index contributed by atoms with van der Waals surface area (Å²) in [6, 6.07) is 0. The third-order valence-electron chi connectivity index (χ3n) is 17.4. The fourth-order valence-corrected chi connectivity index (χ4v) is 12.7. The van der Waals surface area contributed by atoms with Crippen molar-refractivity contribution in [3.63, 3.8) is 0 Å². The smallest absolute Gasteiger partial charge is 0.462 e. The molecule has 0 aliphatic carbocycles. The Hall–Kier alpha value is -1.94. The lowest BCUT2D eigenvalue weighted by molar-refractivity contribution is -0.161. The summed E-state index contributed by atoms with van der Waals surface area (Å²) in [4.78, 5) is 72.7. The highest BCUT2D eigenvalue weighted by Crippen LogP contribution is 2.45. The van der Waals surface area contributed by atoms with E-state index in [1.165, 1.54) is 167 Å². The fourth-order valence-electron chi connectivity index (χ4n) is 11.2. The molecule has 0 radical (unpaired) electrons. The molecule has 0 spiro atoms. The number of unbranched alkanes of at least 4 members (excludes halogenated alkanes) is 36. The molecule has 0 amide bonds. The Morgan fingerprint density at radius 2 is 0.516 bits per heavy atom. The zero-order chi connectivity index (χ0) is 68.9. The van der Waals surface area contributed by atoms with Crippen LogP contribution < -0.4 is 0 Å². The van der Waals surface area contributed by atoms with Gasteiger partial charge in [-0.25, -0.2) is 9.13 Å². The maximum absolute atomic E-state index is 13.1. The summed E-state index contributed by atoms with van der Waals surface area (Å²) in [7, 11) is -9.91. The Morgan fingerprint density at radius 3 is 0.763 bits per heavy atom. The molecule has 0 aliphatic heterocycles. The van der Waals surface area contributed by atoms with Crippen molar-refractivity contribution >= 4 is 39.5 Å². The van der Waals surface area contributed by atoms with Gasteiger partial charge in [-0.1, -0.05) is 319 Å². The molecule has 93 heavy (non-hydrogen) atoms. The first-order valence-electron chi connectivity index (χ1n) is 38.2. The van der Waals surface area contributed by atoms with Crippen molar-refractivity contribution < 1.29 is 80.2 Å². The van der Waals surface area contributed by atoms with Crippen LogP contribution in [-0.4, -0.2) is 96.7 Å². The molecule has 3 N–H and O–H groups in total. The second-order valence-corrected chi connectivity index (χ2v) is 31.3. The minimum atomic E-state index is -4.96. The number of esters is 4. The van der Waals surface area contributed by atoms with Gasteiger partial charge in [0.25, 0.3) is 0 Å². The molecular formula is C74H144O17P2. The van der Waals surface area contributed by atoms with Crippen LogP contribution in [0.2, 0.25) is 0 Å². The standard InChI is InChI=1S/C74H144O17P2/c1-9-67(8)53-45-37-32-33-39-47-55-72(77)85-61-70(91-74(79)57-49-41-31-23-19-18-21-27-35-43-51-65(4)5)63-89-93(82,83)87-59-68(75)58-86-92(80,81)88-62-69(60-84-71(76)54-46-38-29-25-24-28-36-44-52-66(6)7)90-73(78)56-48-40-30-22-17-15-13-11-10-12-14-16-20-26-34-42-50-64(2)3/h64-70,75H,9-63H2,1-8H3,(H,80,81)(H,82,83)/t67?,68-,69-,70-/m1/s1. The molecule has 0 aliphatic rings. The molecule has 3 unspecified atom stereocenters. The van der Waals surface area contributed by atoms with Crippen LogP contribution in [0.5, 0.6) is 0 Å². The molecule has 0 aromatic carbocycles. The lowest BCUT2D eigenvalue weighted by Crippen LogP contribution is -2.30. The van der Waals surface area contributed by atoms with Crippen molar-refractivity contribution in [1.29, 1.82) is 0 Å². The quantitative estimate of drug-likeness (QED) is 0.0222. The van der Waals surface area contributed by atoms with Gasteiger partial charge in [-0.2, -0.15) is 0 Å². The van der Waals surface area contributed by atoms with E-state index >= 15 is 0 Å². The van der Waals surface area contributed by atoms with E-state index in [2.05, 4.69) is 55.4 Å². The number of carbonyl (C=O) groups excluding carboxylic acids is 4. The van der Waals surface area contributed by atoms with Crippen LogP contribution in [0.25, 0.3) is 0 Å². The predicted molar refractivity (Wildman–Crippen MR) is 377 cm³/mol. The number of carbonyl (C=O) groups is 4. The molecule has 0 saturated heterocycles. The summed E-state index contributed by atoms with van der Waals surface area (Å²) < 4.78 is 68.4. The minimum absolute atomic E-state index is 0.105. The average Bonchev–Trinajstić information content (AvgIpc) is 1.92. The van der Waals surface area contributed by atoms with E-state index in [0.717, 1.165) is 120 Å². The van der Waals surface area contributed by atoms with Crippen LogP contribution in [0, 0.1) is 23.7 Å². The number of rotatable bonds is 71. The SMILES string of the molecule is CCC(C)CCCCCCCCC(=O)OC[C@H](COP(=O)(O)OC[C@H](O)COP(=O)(O)OC[C@@H](COC(=O)CCCCCCCCCCC(C)C)OC(=O)CCCCCCCCCCCCCCCCCCC(C)C)OC(=O)CCCCCCCCCCCCC(C)C. The summed E-state index contributed by atoms with van der Waals surface area (Å²) in [6.45, 7) is 14.1. The first-order chi connectivity index (χ1) is 44.6. The van der Waals surface area contributed by atoms with E-state index in [-0.39, 0.29) is 25.7 Å². The fraction of sp³-hybridized carbons (Fsp3) is 0.946. The van der Waals surface area contributed by atoms with Gasteiger partial charge in [0.2, 0.25) is 0 Å². The second kappa shape index (κ2) is 63.5. The van der Waals surface area contributed by atoms with E-state index in [1.807, 2.05) is 0 Å². The van der Waals surface area contributed by atoms with Gasteiger partial charge >= 0.3 is 39.5 Å². The Morgan fingerprint density at radius 1 is 0.301 bits per heavy atom. The molecule has 0 aromatic heterocycles. The minimum Gasteiger partial charge on any atom is -0.462 e. The van der Waals surface area contributed by atoms with Gasteiger partial charge in [0, 0.05) is 25.7 Å². The first kappa shape index (κ1) is 91.1. The lowest BCUT2D eigenvalue weighted by atomic mass is 10.00. The molecule has 6 atom stereocenters. The lowest BCUT2D eigenvalue weighted by Gasteiger charge is -2.21. The molecule has 0 fully saturated rings. The Bertz CT molecular complexity index is 1840. The maximum atomic E-state index is 13.1. The number of hydrogen-bond donors (Lipinski definition) is 3. The Labute approximate surface area is 568 Å². The van der Waals surface area contributed by atoms with E-state index < -0.39 is 97.5 Å². The summed E-state index contributed by atoms with van der Waals surface area (Å²) in [5.74, 6) is 0.893. The van der Waals surface area contributed by atoms with Crippen molar-refractivity contribution in [2.75, 3.05) is 39.6 Å². The third kappa shape index (κ3) is 67.0. The highest BCUT2D eigenvalue weighted by Gasteiger charge is 2.30. The van der Waals surface area contributed by atoms with Crippen LogP contribution in [0.15, 0.2) is 0 Å². The third-order valence-corrected chi connectivity index (χ3v) is 19.3. The molecule has 0 rings (SSSR count). The molecule has 0 bridgehead atoms. The van der Waals surface area contributed by atoms with Crippen molar-refractivity contribution in [2.24, 2.45) is 23.7 Å². The first-order valence-corrected chi connectivity index (χ1v) is 41.2. The molecular weight excluding hydrogens is 1220 g/mol. The number of aliphatic hydroxyl groups is 1. The number of phosphoric acid groups is 2.